The molecule has 1 rings (SSSR count). The standard InChI is InChI=1S/C9H12O2S3.Na/c10-14(11)8-4-7-12-13-9-5-2-1-3-6-9;/h1-3,5-6H,4,7-8H2,(H,10,11);/q;+1. The summed E-state index contributed by atoms with van der Waals surface area (Å²) in [5.74, 6) is 1.29. The van der Waals surface area contributed by atoms with E-state index in [0.29, 0.717) is 5.75 Å². The molecule has 1 aromatic rings. The molecule has 0 saturated carbocycles. The molecule has 0 amide bonds. The Labute approximate surface area is 123 Å². The molecule has 0 heterocycles. The molecule has 1 unspecified atom stereocenters. The van der Waals surface area contributed by atoms with Crippen LogP contribution in [0.4, 0.5) is 0 Å². The summed E-state index contributed by atoms with van der Waals surface area (Å²) in [7, 11) is 3.43. The summed E-state index contributed by atoms with van der Waals surface area (Å²) in [6.07, 6.45) is 0.785. The Bertz CT molecular complexity index is 282. The first-order valence-corrected chi connectivity index (χ1v) is 7.80. The van der Waals surface area contributed by atoms with Gasteiger partial charge in [0, 0.05) is 10.6 Å². The van der Waals surface area contributed by atoms with E-state index in [1.807, 2.05) is 18.2 Å². The van der Waals surface area contributed by atoms with E-state index >= 15 is 0 Å². The van der Waals surface area contributed by atoms with Gasteiger partial charge in [0.25, 0.3) is 0 Å². The predicted molar refractivity (Wildman–Crippen MR) is 65.0 cm³/mol. The minimum atomic E-state index is -1.64. The fourth-order valence-corrected chi connectivity index (χ4v) is 3.50. The fourth-order valence-electron chi connectivity index (χ4n) is 0.827. The van der Waals surface area contributed by atoms with Gasteiger partial charge in [0.05, 0.1) is 5.75 Å². The Kier molecular flexibility index (Phi) is 10.9. The molecule has 6 heteroatoms. The predicted octanol–water partition coefficient (Wildman–Crippen LogP) is 0.0427. The molecule has 0 spiro atoms. The van der Waals surface area contributed by atoms with Gasteiger partial charge in [0.2, 0.25) is 0 Å². The van der Waals surface area contributed by atoms with Crippen LogP contribution in [0.1, 0.15) is 6.42 Å². The van der Waals surface area contributed by atoms with E-state index in [-0.39, 0.29) is 29.6 Å². The van der Waals surface area contributed by atoms with Crippen LogP contribution < -0.4 is 29.6 Å². The Morgan fingerprint density at radius 1 is 1.27 bits per heavy atom. The van der Waals surface area contributed by atoms with Gasteiger partial charge in [-0.2, -0.15) is 0 Å². The molecule has 0 fully saturated rings. The van der Waals surface area contributed by atoms with E-state index in [0.717, 1.165) is 12.2 Å². The van der Waals surface area contributed by atoms with Crippen molar-refractivity contribution in [3.05, 3.63) is 30.3 Å². The average Bonchev–Trinajstić information content (AvgIpc) is 2.18. The van der Waals surface area contributed by atoms with Crippen molar-refractivity contribution in [2.45, 2.75) is 11.3 Å². The van der Waals surface area contributed by atoms with Gasteiger partial charge in [-0.05, 0) is 18.6 Å². The zero-order valence-electron chi connectivity index (χ0n) is 8.59. The molecule has 0 aliphatic rings. The van der Waals surface area contributed by atoms with Crippen molar-refractivity contribution in [1.82, 2.24) is 0 Å². The van der Waals surface area contributed by atoms with Crippen LogP contribution in [0.15, 0.2) is 35.2 Å². The summed E-state index contributed by atoms with van der Waals surface area (Å²) >= 11 is -1.64. The Morgan fingerprint density at radius 2 is 1.93 bits per heavy atom. The molecule has 0 aromatic heterocycles. The van der Waals surface area contributed by atoms with Crippen LogP contribution in [0.3, 0.4) is 0 Å². The van der Waals surface area contributed by atoms with Crippen LogP contribution in [-0.2, 0) is 11.1 Å². The zero-order chi connectivity index (χ0) is 10.2. The first-order chi connectivity index (χ1) is 6.79. The fraction of sp³-hybridized carbons (Fsp3) is 0.333. The summed E-state index contributed by atoms with van der Waals surface area (Å²) in [4.78, 5) is 1.22. The SMILES string of the molecule is O=S(O)CCCSSc1ccccc1.[Na+]. The van der Waals surface area contributed by atoms with Gasteiger partial charge in [0.1, 0.15) is 0 Å². The van der Waals surface area contributed by atoms with Gasteiger partial charge in [0.15, 0.2) is 11.1 Å². The van der Waals surface area contributed by atoms with Crippen molar-refractivity contribution in [3.8, 4) is 0 Å². The molecule has 0 radical (unpaired) electrons. The Morgan fingerprint density at radius 3 is 2.53 bits per heavy atom. The second kappa shape index (κ2) is 10.2. The van der Waals surface area contributed by atoms with Crippen molar-refractivity contribution in [2.75, 3.05) is 11.5 Å². The molecule has 15 heavy (non-hydrogen) atoms. The van der Waals surface area contributed by atoms with Crippen molar-refractivity contribution in [2.24, 2.45) is 0 Å². The first kappa shape index (κ1) is 16.0. The normalized spacial score (nSPS) is 11.8. The first-order valence-electron chi connectivity index (χ1n) is 4.21. The third-order valence-corrected chi connectivity index (χ3v) is 4.55. The Hall–Kier alpha value is 1.03. The van der Waals surface area contributed by atoms with Gasteiger partial charge in [-0.15, -0.1) is 0 Å². The van der Waals surface area contributed by atoms with Crippen LogP contribution in [0.5, 0.6) is 0 Å². The average molecular weight is 271 g/mol. The molecule has 0 aliphatic carbocycles. The maximum atomic E-state index is 10.3. The molecule has 1 aromatic carbocycles. The summed E-state index contributed by atoms with van der Waals surface area (Å²) in [5, 5.41) is 0. The third kappa shape index (κ3) is 8.80. The maximum Gasteiger partial charge on any atom is 1.00 e. The van der Waals surface area contributed by atoms with Crippen LogP contribution >= 0.6 is 21.6 Å². The largest absolute Gasteiger partial charge is 1.00 e. The topological polar surface area (TPSA) is 37.3 Å². The second-order valence-electron chi connectivity index (χ2n) is 2.60. The van der Waals surface area contributed by atoms with E-state index in [1.165, 1.54) is 4.90 Å². The molecular formula is C9H12NaO2S3+. The van der Waals surface area contributed by atoms with Crippen molar-refractivity contribution in [3.63, 3.8) is 0 Å². The van der Waals surface area contributed by atoms with E-state index in [1.54, 1.807) is 21.6 Å². The van der Waals surface area contributed by atoms with Gasteiger partial charge in [-0.3, -0.25) is 0 Å². The van der Waals surface area contributed by atoms with E-state index in [4.69, 9.17) is 4.55 Å². The Balaban J connectivity index is 0.00000196. The van der Waals surface area contributed by atoms with E-state index < -0.39 is 11.1 Å². The summed E-state index contributed by atoms with van der Waals surface area (Å²) < 4.78 is 18.9. The number of hydrogen-bond acceptors (Lipinski definition) is 3. The molecule has 0 saturated heterocycles. The molecule has 78 valence electrons. The van der Waals surface area contributed by atoms with E-state index in [9.17, 15) is 4.21 Å². The molecule has 0 aliphatic heterocycles. The minimum absolute atomic E-state index is 0. The van der Waals surface area contributed by atoms with Gasteiger partial charge in [-0.25, -0.2) is 4.21 Å². The van der Waals surface area contributed by atoms with E-state index in [2.05, 4.69) is 12.1 Å². The monoisotopic (exact) mass is 271 g/mol. The molecule has 0 bridgehead atoms. The van der Waals surface area contributed by atoms with Crippen molar-refractivity contribution >= 4 is 32.7 Å². The van der Waals surface area contributed by atoms with Crippen LogP contribution in [0.25, 0.3) is 0 Å². The second-order valence-corrected chi connectivity index (χ2v) is 6.14. The number of benzene rings is 1. The van der Waals surface area contributed by atoms with Crippen molar-refractivity contribution < 1.29 is 38.3 Å². The quantitative estimate of drug-likeness (QED) is 0.343. The minimum Gasteiger partial charge on any atom is -0.306 e. The molecule has 1 N–H and O–H groups in total. The summed E-state index contributed by atoms with van der Waals surface area (Å²) in [5.41, 5.74) is 0. The van der Waals surface area contributed by atoms with Gasteiger partial charge < -0.3 is 4.55 Å². The maximum absolute atomic E-state index is 10.3. The molecule has 2 nitrogen and oxygen atoms in total. The van der Waals surface area contributed by atoms with Crippen molar-refractivity contribution in [1.29, 1.82) is 0 Å². The van der Waals surface area contributed by atoms with Gasteiger partial charge in [-0.1, -0.05) is 39.8 Å². The molecule has 1 atom stereocenters. The van der Waals surface area contributed by atoms with Crippen LogP contribution in [0.2, 0.25) is 0 Å². The summed E-state index contributed by atoms with van der Waals surface area (Å²) in [6.45, 7) is 0. The smallest absolute Gasteiger partial charge is 0.306 e. The summed E-state index contributed by atoms with van der Waals surface area (Å²) in [6, 6.07) is 10.1. The zero-order valence-corrected chi connectivity index (χ0v) is 13.0. The number of hydrogen-bond donors (Lipinski definition) is 1. The van der Waals surface area contributed by atoms with Crippen LogP contribution in [-0.4, -0.2) is 20.3 Å². The molecular weight excluding hydrogens is 259 g/mol. The third-order valence-electron chi connectivity index (χ3n) is 1.44. The van der Waals surface area contributed by atoms with Gasteiger partial charge >= 0.3 is 29.6 Å². The van der Waals surface area contributed by atoms with Crippen LogP contribution in [0, 0.1) is 0 Å². The number of rotatable bonds is 6.